The molecular weight excluding hydrogens is 384 g/mol. The molecule has 1 aromatic heterocycles. The Morgan fingerprint density at radius 2 is 2.00 bits per heavy atom. The van der Waals surface area contributed by atoms with Crippen molar-refractivity contribution in [2.45, 2.75) is 45.3 Å². The number of nitrogens with one attached hydrogen (secondary N) is 1. The van der Waals surface area contributed by atoms with Gasteiger partial charge in [-0.1, -0.05) is 0 Å². The molecule has 2 N–H and O–H groups in total. The number of hydrogen-bond donors (Lipinski definition) is 2. The van der Waals surface area contributed by atoms with Gasteiger partial charge in [0.15, 0.2) is 0 Å². The fraction of sp³-hybridized carbons (Fsp3) is 0.682. The largest absolute Gasteiger partial charge is 0.388 e. The van der Waals surface area contributed by atoms with Crippen LogP contribution in [-0.4, -0.2) is 77.3 Å². The molecule has 1 saturated carbocycles. The fourth-order valence-corrected chi connectivity index (χ4v) is 4.19. The van der Waals surface area contributed by atoms with Gasteiger partial charge >= 0.3 is 6.03 Å². The highest BCUT2D eigenvalue weighted by Crippen LogP contribution is 2.59. The van der Waals surface area contributed by atoms with Gasteiger partial charge in [0.25, 0.3) is 0 Å². The normalized spacial score (nSPS) is 20.1. The average molecular weight is 419 g/mol. The number of rotatable bonds is 8. The van der Waals surface area contributed by atoms with E-state index in [9.17, 15) is 14.7 Å². The highest BCUT2D eigenvalue weighted by Gasteiger charge is 2.54. The Labute approximate surface area is 178 Å². The maximum absolute atomic E-state index is 12.4. The number of carbonyl (C=O) groups is 2. The van der Waals surface area contributed by atoms with Gasteiger partial charge in [-0.2, -0.15) is 0 Å². The lowest BCUT2D eigenvalue weighted by atomic mass is 9.91. The summed E-state index contributed by atoms with van der Waals surface area (Å²) < 4.78 is 5.33. The van der Waals surface area contributed by atoms with Crippen molar-refractivity contribution in [3.05, 3.63) is 30.1 Å². The molecule has 0 bridgehead atoms. The van der Waals surface area contributed by atoms with Crippen LogP contribution < -0.4 is 5.32 Å². The molecule has 2 aliphatic rings. The molecule has 166 valence electrons. The van der Waals surface area contributed by atoms with Crippen molar-refractivity contribution in [1.29, 1.82) is 0 Å². The molecule has 1 aromatic rings. The number of pyridine rings is 1. The first-order valence-corrected chi connectivity index (χ1v) is 10.6. The first-order valence-electron chi connectivity index (χ1n) is 10.6. The second-order valence-electron chi connectivity index (χ2n) is 9.35. The molecule has 8 heteroatoms. The van der Waals surface area contributed by atoms with E-state index in [2.05, 4.69) is 10.3 Å². The number of nitrogens with zero attached hydrogens (tertiary/aromatic N) is 3. The summed E-state index contributed by atoms with van der Waals surface area (Å²) in [6, 6.07) is 3.75. The highest BCUT2D eigenvalue weighted by molar-refractivity contribution is 5.77. The van der Waals surface area contributed by atoms with Gasteiger partial charge in [0.1, 0.15) is 6.61 Å². The van der Waals surface area contributed by atoms with Gasteiger partial charge < -0.3 is 25.0 Å². The molecule has 0 aromatic carbocycles. The predicted molar refractivity (Wildman–Crippen MR) is 113 cm³/mol. The zero-order valence-corrected chi connectivity index (χ0v) is 18.3. The first-order chi connectivity index (χ1) is 14.2. The molecule has 1 aliphatic heterocycles. The van der Waals surface area contributed by atoms with Crippen LogP contribution in [-0.2, 0) is 16.1 Å². The van der Waals surface area contributed by atoms with E-state index in [-0.39, 0.29) is 30.6 Å². The SMILES string of the molecule is CN(Cc1ccncc1)C(=O)NCC1CC12CCN(C(=O)COCC(C)(C)O)CC2. The molecule has 30 heavy (non-hydrogen) atoms. The molecule has 2 heterocycles. The minimum atomic E-state index is -0.926. The van der Waals surface area contributed by atoms with Crippen LogP contribution in [0, 0.1) is 11.3 Å². The smallest absolute Gasteiger partial charge is 0.317 e. The summed E-state index contributed by atoms with van der Waals surface area (Å²) >= 11 is 0. The van der Waals surface area contributed by atoms with Crippen molar-refractivity contribution in [1.82, 2.24) is 20.1 Å². The third-order valence-corrected chi connectivity index (χ3v) is 6.17. The number of ether oxygens (including phenoxy) is 1. The quantitative estimate of drug-likeness (QED) is 0.669. The Balaban J connectivity index is 1.34. The van der Waals surface area contributed by atoms with Crippen LogP contribution >= 0.6 is 0 Å². The molecule has 2 fully saturated rings. The molecule has 1 saturated heterocycles. The number of amides is 3. The summed E-state index contributed by atoms with van der Waals surface area (Å²) in [5.74, 6) is 0.469. The van der Waals surface area contributed by atoms with Crippen LogP contribution in [0.2, 0.25) is 0 Å². The molecule has 3 rings (SSSR count). The van der Waals surface area contributed by atoms with Crippen LogP contribution in [0.1, 0.15) is 38.7 Å². The van der Waals surface area contributed by atoms with Gasteiger partial charge in [0.05, 0.1) is 12.2 Å². The van der Waals surface area contributed by atoms with E-state index in [1.165, 1.54) is 0 Å². The topological polar surface area (TPSA) is 95.0 Å². The van der Waals surface area contributed by atoms with Crippen LogP contribution in [0.4, 0.5) is 4.79 Å². The predicted octanol–water partition coefficient (Wildman–Crippen LogP) is 1.64. The zero-order chi connectivity index (χ0) is 21.8. The third kappa shape index (κ3) is 6.15. The molecule has 1 aliphatic carbocycles. The number of piperidine rings is 1. The molecule has 3 amide bonds. The lowest BCUT2D eigenvalue weighted by Gasteiger charge is -2.33. The Morgan fingerprint density at radius 1 is 1.33 bits per heavy atom. The van der Waals surface area contributed by atoms with Gasteiger partial charge in [-0.3, -0.25) is 9.78 Å². The number of hydrogen-bond acceptors (Lipinski definition) is 5. The maximum atomic E-state index is 12.4. The van der Waals surface area contributed by atoms with Gasteiger partial charge in [-0.25, -0.2) is 4.79 Å². The number of urea groups is 1. The standard InChI is InChI=1S/C22H34N4O4/c1-21(2,29)16-30-15-19(27)26-10-6-22(7-11-26)12-18(22)13-24-20(28)25(3)14-17-4-8-23-9-5-17/h4-5,8-9,18,29H,6-7,10-16H2,1-3H3,(H,24,28). The van der Waals surface area contributed by atoms with Crippen molar-refractivity contribution in [2.24, 2.45) is 11.3 Å². The van der Waals surface area contributed by atoms with E-state index >= 15 is 0 Å². The van der Waals surface area contributed by atoms with Crippen LogP contribution in [0.15, 0.2) is 24.5 Å². The Hall–Kier alpha value is -2.19. The summed E-state index contributed by atoms with van der Waals surface area (Å²) in [5.41, 5.74) is 0.389. The van der Waals surface area contributed by atoms with Gasteiger partial charge in [-0.15, -0.1) is 0 Å². The minimum Gasteiger partial charge on any atom is -0.388 e. The summed E-state index contributed by atoms with van der Waals surface area (Å²) in [7, 11) is 1.79. The van der Waals surface area contributed by atoms with E-state index in [1.807, 2.05) is 17.0 Å². The summed E-state index contributed by atoms with van der Waals surface area (Å²) in [6.45, 7) is 6.18. The average Bonchev–Trinajstić information content (AvgIpc) is 3.37. The van der Waals surface area contributed by atoms with E-state index in [1.54, 1.807) is 38.2 Å². The molecule has 0 radical (unpaired) electrons. The van der Waals surface area contributed by atoms with E-state index in [0.29, 0.717) is 19.0 Å². The van der Waals surface area contributed by atoms with Gasteiger partial charge in [0.2, 0.25) is 5.91 Å². The monoisotopic (exact) mass is 418 g/mol. The Bertz CT molecular complexity index is 726. The first kappa shape index (κ1) is 22.5. The van der Waals surface area contributed by atoms with Gasteiger partial charge in [0, 0.05) is 45.6 Å². The Morgan fingerprint density at radius 3 is 2.63 bits per heavy atom. The van der Waals surface area contributed by atoms with Crippen molar-refractivity contribution in [3.63, 3.8) is 0 Å². The van der Waals surface area contributed by atoms with Crippen LogP contribution in [0.5, 0.6) is 0 Å². The van der Waals surface area contributed by atoms with Gasteiger partial charge in [-0.05, 0) is 62.1 Å². The number of carbonyl (C=O) groups excluding carboxylic acids is 2. The van der Waals surface area contributed by atoms with E-state index in [0.717, 1.165) is 37.9 Å². The van der Waals surface area contributed by atoms with Crippen molar-refractivity contribution >= 4 is 11.9 Å². The number of likely N-dealkylation sites (tertiary alicyclic amines) is 1. The van der Waals surface area contributed by atoms with Crippen LogP contribution in [0.3, 0.4) is 0 Å². The zero-order valence-electron chi connectivity index (χ0n) is 18.3. The van der Waals surface area contributed by atoms with E-state index in [4.69, 9.17) is 4.74 Å². The third-order valence-electron chi connectivity index (χ3n) is 6.17. The summed E-state index contributed by atoms with van der Waals surface area (Å²) in [6.07, 6.45) is 6.51. The molecule has 8 nitrogen and oxygen atoms in total. The van der Waals surface area contributed by atoms with Crippen molar-refractivity contribution < 1.29 is 19.4 Å². The molecule has 1 atom stereocenters. The summed E-state index contributed by atoms with van der Waals surface area (Å²) in [5, 5.41) is 12.7. The molecule has 1 unspecified atom stereocenters. The summed E-state index contributed by atoms with van der Waals surface area (Å²) in [4.78, 5) is 32.2. The number of aliphatic hydroxyl groups is 1. The van der Waals surface area contributed by atoms with Crippen molar-refractivity contribution in [2.75, 3.05) is 39.9 Å². The second kappa shape index (κ2) is 9.31. The minimum absolute atomic E-state index is 0.0142. The fourth-order valence-electron chi connectivity index (χ4n) is 4.19. The Kier molecular flexibility index (Phi) is 6.98. The molecule has 1 spiro atoms. The highest BCUT2D eigenvalue weighted by atomic mass is 16.5. The van der Waals surface area contributed by atoms with E-state index < -0.39 is 5.60 Å². The lowest BCUT2D eigenvalue weighted by molar-refractivity contribution is -0.140. The number of aromatic nitrogens is 1. The maximum Gasteiger partial charge on any atom is 0.317 e. The van der Waals surface area contributed by atoms with Crippen molar-refractivity contribution in [3.8, 4) is 0 Å². The molecular formula is C22H34N4O4. The van der Waals surface area contributed by atoms with Crippen LogP contribution in [0.25, 0.3) is 0 Å². The second-order valence-corrected chi connectivity index (χ2v) is 9.35. The lowest BCUT2D eigenvalue weighted by Crippen LogP contribution is -2.43.